The van der Waals surface area contributed by atoms with Gasteiger partial charge in [-0.3, -0.25) is 4.79 Å². The van der Waals surface area contributed by atoms with Gasteiger partial charge in [0.2, 0.25) is 15.9 Å². The predicted octanol–water partition coefficient (Wildman–Crippen LogP) is 1.88. The van der Waals surface area contributed by atoms with Crippen LogP contribution in [0.4, 0.5) is 0 Å². The molecule has 0 saturated carbocycles. The van der Waals surface area contributed by atoms with Crippen molar-refractivity contribution >= 4 is 27.7 Å². The molecule has 3 aliphatic heterocycles. The Morgan fingerprint density at radius 2 is 1.89 bits per heavy atom. The summed E-state index contributed by atoms with van der Waals surface area (Å²) in [5.41, 5.74) is 1.05. The first kappa shape index (κ1) is 19.2. The zero-order valence-corrected chi connectivity index (χ0v) is 17.2. The van der Waals surface area contributed by atoms with E-state index in [0.29, 0.717) is 18.0 Å². The van der Waals surface area contributed by atoms with Crippen LogP contribution in [-0.4, -0.2) is 72.9 Å². The second kappa shape index (κ2) is 7.39. The standard InChI is InChI=1S/C19H26N2O4S2/c1-15-4-6-17(7-5-15)27(23,24)21-13-19(14-21)10-16(12-26-19)25-11-18(22)20-8-2-3-9-20/h4-7,16H,2-3,8-14H2,1H3/t16-/m1/s1. The van der Waals surface area contributed by atoms with Crippen LogP contribution < -0.4 is 0 Å². The Balaban J connectivity index is 1.28. The van der Waals surface area contributed by atoms with Crippen LogP contribution in [0.5, 0.6) is 0 Å². The molecule has 8 heteroatoms. The Hall–Kier alpha value is -1.09. The Labute approximate surface area is 165 Å². The van der Waals surface area contributed by atoms with E-state index >= 15 is 0 Å². The van der Waals surface area contributed by atoms with Gasteiger partial charge >= 0.3 is 0 Å². The number of benzene rings is 1. The lowest BCUT2D eigenvalue weighted by molar-refractivity contribution is -0.136. The van der Waals surface area contributed by atoms with Crippen molar-refractivity contribution in [3.63, 3.8) is 0 Å². The maximum Gasteiger partial charge on any atom is 0.248 e. The number of amides is 1. The van der Waals surface area contributed by atoms with Crippen molar-refractivity contribution in [2.75, 3.05) is 38.5 Å². The summed E-state index contributed by atoms with van der Waals surface area (Å²) < 4.78 is 32.8. The molecule has 4 rings (SSSR count). The van der Waals surface area contributed by atoms with Crippen molar-refractivity contribution in [1.29, 1.82) is 0 Å². The second-order valence-corrected chi connectivity index (χ2v) is 11.2. The molecule has 3 heterocycles. The van der Waals surface area contributed by atoms with E-state index in [1.54, 1.807) is 28.2 Å². The smallest absolute Gasteiger partial charge is 0.248 e. The minimum absolute atomic E-state index is 0.0331. The van der Waals surface area contributed by atoms with Gasteiger partial charge in [-0.05, 0) is 38.3 Å². The summed E-state index contributed by atoms with van der Waals surface area (Å²) in [6.07, 6.45) is 3.01. The molecule has 0 N–H and O–H groups in total. The summed E-state index contributed by atoms with van der Waals surface area (Å²) in [6, 6.07) is 7.00. The number of sulfonamides is 1. The fourth-order valence-electron chi connectivity index (χ4n) is 4.00. The summed E-state index contributed by atoms with van der Waals surface area (Å²) in [5.74, 6) is 0.904. The van der Waals surface area contributed by atoms with E-state index in [0.717, 1.165) is 43.7 Å². The van der Waals surface area contributed by atoms with Crippen LogP contribution in [-0.2, 0) is 19.6 Å². The van der Waals surface area contributed by atoms with Crippen molar-refractivity contribution in [1.82, 2.24) is 9.21 Å². The number of nitrogens with zero attached hydrogens (tertiary/aromatic N) is 2. The van der Waals surface area contributed by atoms with E-state index in [-0.39, 0.29) is 23.4 Å². The molecule has 6 nitrogen and oxygen atoms in total. The van der Waals surface area contributed by atoms with Crippen molar-refractivity contribution in [2.24, 2.45) is 0 Å². The van der Waals surface area contributed by atoms with Crippen LogP contribution in [0, 0.1) is 6.92 Å². The summed E-state index contributed by atoms with van der Waals surface area (Å²) in [7, 11) is -3.42. The average molecular weight is 411 g/mol. The summed E-state index contributed by atoms with van der Waals surface area (Å²) in [6.45, 7) is 4.82. The van der Waals surface area contributed by atoms with E-state index in [2.05, 4.69) is 0 Å². The normalized spacial score (nSPS) is 25.1. The highest BCUT2D eigenvalue weighted by Gasteiger charge is 2.53. The SMILES string of the molecule is Cc1ccc(S(=O)(=O)N2CC3(C[C@@H](OCC(=O)N4CCCC4)CS3)C2)cc1. The highest BCUT2D eigenvalue weighted by molar-refractivity contribution is 8.01. The highest BCUT2D eigenvalue weighted by Crippen LogP contribution is 2.47. The number of carbonyl (C=O) groups excluding carboxylic acids is 1. The van der Waals surface area contributed by atoms with Gasteiger partial charge in [0.1, 0.15) is 6.61 Å². The number of hydrogen-bond acceptors (Lipinski definition) is 5. The first-order valence-corrected chi connectivity index (χ1v) is 11.9. The molecule has 27 heavy (non-hydrogen) atoms. The molecule has 3 saturated heterocycles. The van der Waals surface area contributed by atoms with Gasteiger partial charge < -0.3 is 9.64 Å². The van der Waals surface area contributed by atoms with Gasteiger partial charge in [0.25, 0.3) is 0 Å². The highest BCUT2D eigenvalue weighted by atomic mass is 32.2. The lowest BCUT2D eigenvalue weighted by atomic mass is 9.95. The number of aryl methyl sites for hydroxylation is 1. The molecule has 0 aromatic heterocycles. The molecule has 0 radical (unpaired) electrons. The lowest BCUT2D eigenvalue weighted by Crippen LogP contribution is -2.60. The van der Waals surface area contributed by atoms with Gasteiger partial charge in [-0.1, -0.05) is 17.7 Å². The minimum Gasteiger partial charge on any atom is -0.367 e. The molecular formula is C19H26N2O4S2. The zero-order valence-electron chi connectivity index (χ0n) is 15.6. The van der Waals surface area contributed by atoms with E-state index in [1.165, 1.54) is 0 Å². The van der Waals surface area contributed by atoms with Crippen molar-refractivity contribution in [3.8, 4) is 0 Å². The van der Waals surface area contributed by atoms with E-state index < -0.39 is 10.0 Å². The summed E-state index contributed by atoms with van der Waals surface area (Å²) in [5, 5.41) is 0. The second-order valence-electron chi connectivity index (χ2n) is 7.81. The van der Waals surface area contributed by atoms with Crippen molar-refractivity contribution < 1.29 is 17.9 Å². The van der Waals surface area contributed by atoms with Crippen LogP contribution >= 0.6 is 11.8 Å². The molecular weight excluding hydrogens is 384 g/mol. The van der Waals surface area contributed by atoms with Crippen molar-refractivity contribution in [2.45, 2.75) is 41.9 Å². The van der Waals surface area contributed by atoms with Gasteiger partial charge in [0.15, 0.2) is 0 Å². The molecule has 1 aromatic rings. The molecule has 3 fully saturated rings. The summed E-state index contributed by atoms with van der Waals surface area (Å²) >= 11 is 1.78. The number of rotatable bonds is 5. The number of ether oxygens (including phenoxy) is 1. The molecule has 1 spiro atoms. The first-order valence-electron chi connectivity index (χ1n) is 9.48. The van der Waals surface area contributed by atoms with Crippen LogP contribution in [0.15, 0.2) is 29.2 Å². The quantitative estimate of drug-likeness (QED) is 0.742. The number of hydrogen-bond donors (Lipinski definition) is 0. The molecule has 1 atom stereocenters. The van der Waals surface area contributed by atoms with E-state index in [4.69, 9.17) is 4.74 Å². The Bertz CT molecular complexity index is 798. The van der Waals surface area contributed by atoms with Crippen molar-refractivity contribution in [3.05, 3.63) is 29.8 Å². The van der Waals surface area contributed by atoms with Crippen LogP contribution in [0.3, 0.4) is 0 Å². The number of carbonyl (C=O) groups is 1. The van der Waals surface area contributed by atoms with Crippen LogP contribution in [0.25, 0.3) is 0 Å². The molecule has 0 aliphatic carbocycles. The van der Waals surface area contributed by atoms with E-state index in [1.807, 2.05) is 24.0 Å². The third-order valence-electron chi connectivity index (χ3n) is 5.66. The maximum atomic E-state index is 12.7. The van der Waals surface area contributed by atoms with Crippen LogP contribution in [0.1, 0.15) is 24.8 Å². The monoisotopic (exact) mass is 410 g/mol. The molecule has 3 aliphatic rings. The minimum atomic E-state index is -3.42. The molecule has 0 unspecified atom stereocenters. The molecule has 148 valence electrons. The fourth-order valence-corrected chi connectivity index (χ4v) is 7.33. The fraction of sp³-hybridized carbons (Fsp3) is 0.632. The third-order valence-corrected chi connectivity index (χ3v) is 9.05. The van der Waals surface area contributed by atoms with Gasteiger partial charge in [-0.15, -0.1) is 11.8 Å². The Kier molecular flexibility index (Phi) is 5.26. The molecule has 1 amide bonds. The third kappa shape index (κ3) is 3.90. The lowest BCUT2D eigenvalue weighted by Gasteiger charge is -2.46. The van der Waals surface area contributed by atoms with Gasteiger partial charge in [-0.2, -0.15) is 4.31 Å². The first-order chi connectivity index (χ1) is 12.9. The van der Waals surface area contributed by atoms with Crippen LogP contribution in [0.2, 0.25) is 0 Å². The van der Waals surface area contributed by atoms with Gasteiger partial charge in [-0.25, -0.2) is 8.42 Å². The average Bonchev–Trinajstić information content (AvgIpc) is 3.29. The largest absolute Gasteiger partial charge is 0.367 e. The summed E-state index contributed by atoms with van der Waals surface area (Å²) in [4.78, 5) is 14.3. The Morgan fingerprint density at radius 3 is 2.56 bits per heavy atom. The van der Waals surface area contributed by atoms with Gasteiger partial charge in [0.05, 0.1) is 11.0 Å². The maximum absolute atomic E-state index is 12.7. The van der Waals surface area contributed by atoms with Gasteiger partial charge in [0, 0.05) is 36.7 Å². The molecule has 1 aromatic carbocycles. The van der Waals surface area contributed by atoms with E-state index in [9.17, 15) is 13.2 Å². The Morgan fingerprint density at radius 1 is 1.22 bits per heavy atom. The number of thioether (sulfide) groups is 1. The zero-order chi connectivity index (χ0) is 19.1. The topological polar surface area (TPSA) is 66.9 Å². The predicted molar refractivity (Wildman–Crippen MR) is 105 cm³/mol. The number of likely N-dealkylation sites (tertiary alicyclic amines) is 1. The molecule has 0 bridgehead atoms.